The molecule has 3 aliphatic heterocycles. The van der Waals surface area contributed by atoms with E-state index in [4.69, 9.17) is 4.74 Å². The third kappa shape index (κ3) is 3.38. The number of hydrogen-bond donors (Lipinski definition) is 0. The molecule has 0 radical (unpaired) electrons. The Balaban J connectivity index is 1.64. The van der Waals surface area contributed by atoms with Crippen LogP contribution in [0.5, 0.6) is 0 Å². The zero-order chi connectivity index (χ0) is 20.9. The van der Waals surface area contributed by atoms with Gasteiger partial charge in [-0.2, -0.15) is 18.4 Å². The normalized spacial score (nSPS) is 28.3. The number of anilines is 2. The van der Waals surface area contributed by atoms with Gasteiger partial charge >= 0.3 is 12.1 Å². The molecule has 1 aromatic rings. The number of methoxy groups -OCH3 is 1. The average molecular weight is 408 g/mol. The molecule has 0 N–H and O–H groups in total. The van der Waals surface area contributed by atoms with Gasteiger partial charge in [0.1, 0.15) is 23.3 Å². The topological polar surface area (TPSA) is 69.5 Å². The molecule has 4 fully saturated rings. The van der Waals surface area contributed by atoms with E-state index in [1.54, 1.807) is 11.0 Å². The fourth-order valence-corrected chi connectivity index (χ4v) is 4.84. The summed E-state index contributed by atoms with van der Waals surface area (Å²) in [6, 6.07) is 2.80. The Morgan fingerprint density at radius 1 is 1.38 bits per heavy atom. The van der Waals surface area contributed by atoms with Crippen LogP contribution in [-0.2, 0) is 15.7 Å². The highest BCUT2D eigenvalue weighted by atomic mass is 19.4. The number of esters is 1. The third-order valence-electron chi connectivity index (χ3n) is 6.68. The molecule has 3 atom stereocenters. The van der Waals surface area contributed by atoms with Crippen molar-refractivity contribution in [3.05, 3.63) is 17.2 Å². The SMILES string of the molecule is COC(=O)CC1C2CC1CN(c1cc(C(F)(F)F)c(C#N)c(N3CC[C@@H]3C)n1)C2. The lowest BCUT2D eigenvalue weighted by molar-refractivity contribution is -0.145. The van der Waals surface area contributed by atoms with Gasteiger partial charge in [-0.15, -0.1) is 0 Å². The minimum Gasteiger partial charge on any atom is -0.469 e. The highest BCUT2D eigenvalue weighted by Gasteiger charge is 2.48. The molecule has 5 rings (SSSR count). The van der Waals surface area contributed by atoms with E-state index < -0.39 is 17.3 Å². The number of nitriles is 1. The Labute approximate surface area is 167 Å². The van der Waals surface area contributed by atoms with Crippen molar-refractivity contribution in [3.8, 4) is 6.07 Å². The predicted octanol–water partition coefficient (Wildman–Crippen LogP) is 3.21. The van der Waals surface area contributed by atoms with Crippen LogP contribution in [0.1, 0.15) is 37.3 Å². The molecule has 2 unspecified atom stereocenters. The molecule has 0 spiro atoms. The monoisotopic (exact) mass is 408 g/mol. The zero-order valence-electron chi connectivity index (χ0n) is 16.4. The largest absolute Gasteiger partial charge is 0.469 e. The zero-order valence-corrected chi connectivity index (χ0v) is 16.4. The number of rotatable bonds is 4. The molecule has 1 saturated carbocycles. The van der Waals surface area contributed by atoms with Crippen molar-refractivity contribution >= 4 is 17.6 Å². The first-order chi connectivity index (χ1) is 13.7. The maximum atomic E-state index is 13.7. The molecule has 6 nitrogen and oxygen atoms in total. The van der Waals surface area contributed by atoms with Crippen molar-refractivity contribution in [2.75, 3.05) is 36.5 Å². The molecule has 4 aliphatic rings. The van der Waals surface area contributed by atoms with E-state index >= 15 is 0 Å². The molecule has 4 heterocycles. The number of piperidine rings is 2. The van der Waals surface area contributed by atoms with Crippen LogP contribution >= 0.6 is 0 Å². The molecular weight excluding hydrogens is 385 g/mol. The van der Waals surface area contributed by atoms with E-state index in [2.05, 4.69) is 4.98 Å². The molecule has 0 aromatic carbocycles. The first-order valence-electron chi connectivity index (χ1n) is 9.83. The summed E-state index contributed by atoms with van der Waals surface area (Å²) in [5, 5.41) is 9.44. The van der Waals surface area contributed by atoms with E-state index in [-0.39, 0.29) is 41.4 Å². The van der Waals surface area contributed by atoms with Gasteiger partial charge in [-0.1, -0.05) is 0 Å². The molecule has 9 heteroatoms. The van der Waals surface area contributed by atoms with Crippen LogP contribution in [0.25, 0.3) is 0 Å². The standard InChI is InChI=1S/C20H23F3N4O2/c1-11-3-4-27(11)19-15(8-24)16(20(21,22)23)7-17(25-19)26-9-12-5-13(10-26)14(12)6-18(28)29-2/h7,11-14H,3-6,9-10H2,1-2H3/t11-,12?,13?,14?/m0/s1. The van der Waals surface area contributed by atoms with Gasteiger partial charge in [0.05, 0.1) is 12.7 Å². The summed E-state index contributed by atoms with van der Waals surface area (Å²) < 4.78 is 45.9. The maximum absolute atomic E-state index is 13.7. The Bertz CT molecular complexity index is 855. The second-order valence-electron chi connectivity index (χ2n) is 8.27. The number of nitrogens with zero attached hydrogens (tertiary/aromatic N) is 4. The lowest BCUT2D eigenvalue weighted by atomic mass is 9.60. The Morgan fingerprint density at radius 2 is 2.07 bits per heavy atom. The Kier molecular flexibility index (Phi) is 4.83. The van der Waals surface area contributed by atoms with E-state index in [0.29, 0.717) is 26.1 Å². The van der Waals surface area contributed by atoms with Gasteiger partial charge < -0.3 is 14.5 Å². The number of alkyl halides is 3. The number of fused-ring (bicyclic) bond motifs is 2. The molecule has 156 valence electrons. The van der Waals surface area contributed by atoms with Crippen LogP contribution < -0.4 is 9.80 Å². The number of hydrogen-bond acceptors (Lipinski definition) is 6. The van der Waals surface area contributed by atoms with Gasteiger partial charge in [0.2, 0.25) is 0 Å². The minimum atomic E-state index is -4.63. The molecule has 29 heavy (non-hydrogen) atoms. The van der Waals surface area contributed by atoms with Crippen LogP contribution in [0.4, 0.5) is 24.8 Å². The van der Waals surface area contributed by atoms with Crippen molar-refractivity contribution in [2.24, 2.45) is 17.8 Å². The predicted molar refractivity (Wildman–Crippen MR) is 99.3 cm³/mol. The van der Waals surface area contributed by atoms with Gasteiger partial charge in [-0.25, -0.2) is 4.98 Å². The summed E-state index contributed by atoms with van der Waals surface area (Å²) in [6.07, 6.45) is -2.44. The van der Waals surface area contributed by atoms with Gasteiger partial charge in [-0.05, 0) is 43.6 Å². The summed E-state index contributed by atoms with van der Waals surface area (Å²) in [4.78, 5) is 19.8. The number of pyridine rings is 1. The average Bonchev–Trinajstić information content (AvgIpc) is 2.69. The van der Waals surface area contributed by atoms with Crippen LogP contribution in [0, 0.1) is 29.1 Å². The Morgan fingerprint density at radius 3 is 2.55 bits per heavy atom. The molecule has 1 aliphatic carbocycles. The van der Waals surface area contributed by atoms with Gasteiger partial charge in [-0.3, -0.25) is 4.79 Å². The number of ether oxygens (including phenoxy) is 1. The number of halogens is 3. The second kappa shape index (κ2) is 7.08. The molecule has 0 amide bonds. The molecule has 3 saturated heterocycles. The van der Waals surface area contributed by atoms with E-state index in [9.17, 15) is 23.2 Å². The van der Waals surface area contributed by atoms with Crippen molar-refractivity contribution in [1.82, 2.24) is 4.98 Å². The summed E-state index contributed by atoms with van der Waals surface area (Å²) in [5.74, 6) is 0.840. The first-order valence-corrected chi connectivity index (χ1v) is 9.83. The second-order valence-corrected chi connectivity index (χ2v) is 8.27. The van der Waals surface area contributed by atoms with E-state index in [1.165, 1.54) is 7.11 Å². The maximum Gasteiger partial charge on any atom is 0.417 e. The van der Waals surface area contributed by atoms with E-state index in [1.807, 2.05) is 11.8 Å². The lowest BCUT2D eigenvalue weighted by Crippen LogP contribution is -2.56. The summed E-state index contributed by atoms with van der Waals surface area (Å²) in [6.45, 7) is 3.63. The van der Waals surface area contributed by atoms with Crippen molar-refractivity contribution < 1.29 is 22.7 Å². The molecular formula is C20H23F3N4O2. The number of carbonyl (C=O) groups is 1. The van der Waals surface area contributed by atoms with Crippen LogP contribution in [-0.4, -0.2) is 43.7 Å². The van der Waals surface area contributed by atoms with Crippen molar-refractivity contribution in [3.63, 3.8) is 0 Å². The highest BCUT2D eigenvalue weighted by molar-refractivity contribution is 5.70. The minimum absolute atomic E-state index is 0.0603. The highest BCUT2D eigenvalue weighted by Crippen LogP contribution is 2.49. The van der Waals surface area contributed by atoms with Crippen LogP contribution in [0.3, 0.4) is 0 Å². The fraction of sp³-hybridized carbons (Fsp3) is 0.650. The first kappa shape index (κ1) is 19.8. The van der Waals surface area contributed by atoms with Crippen molar-refractivity contribution in [2.45, 2.75) is 38.4 Å². The Hall–Kier alpha value is -2.50. The number of carbonyl (C=O) groups excluding carboxylic acids is 1. The lowest BCUT2D eigenvalue weighted by Gasteiger charge is -2.54. The van der Waals surface area contributed by atoms with Crippen LogP contribution in [0.15, 0.2) is 6.07 Å². The van der Waals surface area contributed by atoms with Crippen molar-refractivity contribution in [1.29, 1.82) is 5.26 Å². The van der Waals surface area contributed by atoms with Gasteiger partial charge in [0.15, 0.2) is 0 Å². The smallest absolute Gasteiger partial charge is 0.417 e. The third-order valence-corrected chi connectivity index (χ3v) is 6.68. The fourth-order valence-electron chi connectivity index (χ4n) is 4.84. The summed E-state index contributed by atoms with van der Waals surface area (Å²) >= 11 is 0. The van der Waals surface area contributed by atoms with E-state index in [0.717, 1.165) is 18.9 Å². The quantitative estimate of drug-likeness (QED) is 0.713. The summed E-state index contributed by atoms with van der Waals surface area (Å²) in [7, 11) is 1.36. The van der Waals surface area contributed by atoms with Gasteiger partial charge in [0.25, 0.3) is 0 Å². The summed E-state index contributed by atoms with van der Waals surface area (Å²) in [5.41, 5.74) is -1.33. The van der Waals surface area contributed by atoms with Gasteiger partial charge in [0, 0.05) is 32.1 Å². The van der Waals surface area contributed by atoms with Crippen LogP contribution in [0.2, 0.25) is 0 Å². The molecule has 2 bridgehead atoms. The molecule has 1 aromatic heterocycles. The number of aromatic nitrogens is 1.